The molecule has 9 rings (SSSR count). The van der Waals surface area contributed by atoms with Gasteiger partial charge in [0.2, 0.25) is 5.39 Å². The third-order valence-electron chi connectivity index (χ3n) is 11.3. The number of nitrogens with zero attached hydrogens (tertiary/aromatic N) is 9. The first-order chi connectivity index (χ1) is 42.2. The van der Waals surface area contributed by atoms with E-state index in [1.54, 1.807) is 129 Å². The Labute approximate surface area is 588 Å². The average molecular weight is 1300 g/mol. The molecule has 0 saturated carbocycles. The summed E-state index contributed by atoms with van der Waals surface area (Å²) in [5, 5.41) is 105. The van der Waals surface area contributed by atoms with Gasteiger partial charge in [0.25, 0.3) is 0 Å². The molecule has 0 spiro atoms. The van der Waals surface area contributed by atoms with E-state index in [9.17, 15) is 14.6 Å². The Morgan fingerprint density at radius 2 is 0.826 bits per heavy atom. The van der Waals surface area contributed by atoms with E-state index in [1.807, 2.05) is 74.5 Å². The predicted octanol–water partition coefficient (Wildman–Crippen LogP) is 14.6. The van der Waals surface area contributed by atoms with Gasteiger partial charge in [-0.25, -0.2) is 0 Å². The SMILES string of the molecule is C.CCCCCCOc1ccc(N=Nc2ccc(C)cc2)cc1C.Cc1cc(N=Nc2ccc(O)cc2)ccc1O.Cc1cc(N=Nc2ccc(O)cc2)ccc1O.Cc1ccccc1O.Cl.N#[N+]c1ccc(O)cc1.Nc1ccc(O)cc1.O=N[O-].[2H]CF.[Na+].[Na+].[OH-]. The molecule has 0 heterocycles. The second kappa shape index (κ2) is 52.7. The maximum atomic E-state index is 9.96. The van der Waals surface area contributed by atoms with Gasteiger partial charge >= 0.3 is 64.8 Å². The topological polar surface area (TPSA) is 362 Å². The maximum Gasteiger partial charge on any atom is 1.00 e. The Kier molecular flexibility index (Phi) is 50.0. The van der Waals surface area contributed by atoms with E-state index in [4.69, 9.17) is 52.9 Å². The third-order valence-corrected chi connectivity index (χ3v) is 11.3. The zero-order chi connectivity index (χ0) is 65.1. The summed E-state index contributed by atoms with van der Waals surface area (Å²) in [5.41, 5.74) is 15.6. The minimum atomic E-state index is -1.00. The fourth-order valence-electron chi connectivity index (χ4n) is 6.53. The van der Waals surface area contributed by atoms with Crippen LogP contribution < -0.4 is 69.6 Å². The van der Waals surface area contributed by atoms with Crippen LogP contribution in [0.15, 0.2) is 236 Å². The molecule has 25 heteroatoms. The van der Waals surface area contributed by atoms with E-state index in [0.29, 0.717) is 39.9 Å². The number of unbranched alkanes of at least 4 members (excludes halogenated alkanes) is 3. The number of rotatable bonds is 12. The van der Waals surface area contributed by atoms with Crippen molar-refractivity contribution in [2.24, 2.45) is 36.0 Å². The Hall–Kier alpha value is -9.02. The van der Waals surface area contributed by atoms with Gasteiger partial charge in [-0.3, -0.25) is 4.39 Å². The van der Waals surface area contributed by atoms with Crippen LogP contribution in [0.25, 0.3) is 4.98 Å². The molecule has 0 aliphatic rings. The molecule has 0 bridgehead atoms. The molecule has 0 amide bonds. The molecule has 10 N–H and O–H groups in total. The van der Waals surface area contributed by atoms with Gasteiger partial charge in [-0.1, -0.05) is 69.5 Å². The molecule has 0 unspecified atom stereocenters. The van der Waals surface area contributed by atoms with E-state index < -0.39 is 7.15 Å². The Morgan fingerprint density at radius 1 is 0.500 bits per heavy atom. The van der Waals surface area contributed by atoms with Crippen molar-refractivity contribution >= 4 is 57.9 Å². The number of ether oxygens (including phenoxy) is 1. The Balaban J connectivity index is -0.000000515. The van der Waals surface area contributed by atoms with Crippen molar-refractivity contribution in [3.8, 4) is 46.0 Å². The molecule has 0 fully saturated rings. The number of nitrogens with two attached hydrogens (primary N) is 1. The number of halogens is 2. The van der Waals surface area contributed by atoms with Gasteiger partial charge in [0.1, 0.15) is 46.0 Å². The van der Waals surface area contributed by atoms with Gasteiger partial charge in [0.05, 0.1) is 49.3 Å². The van der Waals surface area contributed by atoms with Crippen molar-refractivity contribution in [2.45, 2.75) is 74.7 Å². The zero-order valence-corrected chi connectivity index (χ0v) is 56.8. The summed E-state index contributed by atoms with van der Waals surface area (Å²) in [6.07, 6.45) is 4.88. The molecule has 0 saturated heterocycles. The fourth-order valence-corrected chi connectivity index (χ4v) is 6.53. The summed E-state index contributed by atoms with van der Waals surface area (Å²) in [6.45, 7) is 12.6. The fraction of sp³-hybridized carbons (Fsp3) is 0.194. The average Bonchev–Trinajstić information content (AvgIpc) is 2.27. The molecular weight excluding hydrogens is 1220 g/mol. The molecule has 0 atom stereocenters. The molecule has 0 radical (unpaired) electrons. The molecule has 0 aliphatic heterocycles. The number of aryl methyl sites for hydroxylation is 5. The van der Waals surface area contributed by atoms with Crippen LogP contribution in [0.3, 0.4) is 0 Å². The number of phenols is 7. The largest absolute Gasteiger partial charge is 1.00 e. The predicted molar refractivity (Wildman–Crippen MR) is 357 cm³/mol. The first-order valence-corrected chi connectivity index (χ1v) is 26.7. The smallest absolute Gasteiger partial charge is 0.870 e. The molecule has 0 aliphatic carbocycles. The number of alkyl halides is 1. The number of benzene rings is 9. The van der Waals surface area contributed by atoms with Crippen LogP contribution >= 0.6 is 12.4 Å². The zero-order valence-electron chi connectivity index (χ0n) is 53.0. The van der Waals surface area contributed by atoms with Gasteiger partial charge in [0.15, 0.2) is 4.98 Å². The summed E-state index contributed by atoms with van der Waals surface area (Å²) in [6, 6.07) is 56.5. The van der Waals surface area contributed by atoms with Crippen molar-refractivity contribution < 1.29 is 111 Å². The van der Waals surface area contributed by atoms with Crippen LogP contribution in [-0.4, -0.2) is 55.0 Å². The van der Waals surface area contributed by atoms with Crippen molar-refractivity contribution in [2.75, 3.05) is 19.5 Å². The molecule has 21 nitrogen and oxygen atoms in total. The van der Waals surface area contributed by atoms with Crippen molar-refractivity contribution in [3.63, 3.8) is 0 Å². The normalized spacial score (nSPS) is 9.52. The van der Waals surface area contributed by atoms with Crippen LogP contribution in [0.5, 0.6) is 46.0 Å². The number of phenolic OH excluding ortho intramolecular Hbond substituents is 7. The van der Waals surface area contributed by atoms with E-state index in [-0.39, 0.29) is 119 Å². The minimum absolute atomic E-state index is 0. The Morgan fingerprint density at radius 3 is 1.16 bits per heavy atom. The van der Waals surface area contributed by atoms with E-state index in [2.05, 4.69) is 49.5 Å². The van der Waals surface area contributed by atoms with Crippen LogP contribution in [0, 0.1) is 50.1 Å². The molecule has 9 aromatic rings. The summed E-state index contributed by atoms with van der Waals surface area (Å²) >= 11 is 0. The third kappa shape index (κ3) is 39.2. The molecule has 92 heavy (non-hydrogen) atoms. The van der Waals surface area contributed by atoms with Crippen molar-refractivity contribution in [1.82, 2.24) is 0 Å². The van der Waals surface area contributed by atoms with Crippen molar-refractivity contribution in [1.29, 1.82) is 5.39 Å². The quantitative estimate of drug-likeness (QED) is 0.00825. The second-order valence-corrected chi connectivity index (χ2v) is 18.3. The van der Waals surface area contributed by atoms with Crippen LogP contribution in [0.4, 0.5) is 49.9 Å². The number of nitrogen functional groups attached to an aromatic ring is 1. The number of hydrogen-bond acceptors (Lipinski definition) is 20. The van der Waals surface area contributed by atoms with Gasteiger partial charge < -0.3 is 61.8 Å². The summed E-state index contributed by atoms with van der Waals surface area (Å²) in [5.74, 6) is 2.61. The van der Waals surface area contributed by atoms with Crippen LogP contribution in [-0.2, 0) is 0 Å². The van der Waals surface area contributed by atoms with Crippen LogP contribution in [0.2, 0.25) is 0 Å². The molecule has 0 aromatic heterocycles. The number of azo groups is 3. The van der Waals surface area contributed by atoms with E-state index in [1.165, 1.54) is 49.1 Å². The first kappa shape index (κ1) is 87.2. The van der Waals surface area contributed by atoms with E-state index in [0.717, 1.165) is 57.7 Å². The van der Waals surface area contributed by atoms with Crippen molar-refractivity contribution in [3.05, 3.63) is 243 Å². The number of para-hydroxylation sites is 1. The molecular formula is C67H79ClFN10Na2O11+. The van der Waals surface area contributed by atoms with Gasteiger partial charge in [-0.15, -0.1) is 17.7 Å². The monoisotopic (exact) mass is 1300 g/mol. The van der Waals surface area contributed by atoms with E-state index >= 15 is 0 Å². The summed E-state index contributed by atoms with van der Waals surface area (Å²) < 4.78 is 21.3. The van der Waals surface area contributed by atoms with Crippen LogP contribution in [0.1, 0.15) is 69.2 Å². The number of hydrogen-bond donors (Lipinski definition) is 8. The minimum Gasteiger partial charge on any atom is -0.870 e. The second-order valence-electron chi connectivity index (χ2n) is 18.3. The standard InChI is InChI=1S/C20H26N2O.2C13H12N2O2.C7H8O.C6H4N2O.C6H7NO.CH3F.CH4.ClH.HNO2.2Na.H2O/c1-4-5-6-7-14-23-20-13-12-19(15-17(20)3)22-21-18-10-8-16(2)9-11-18;2*1-9-8-11(4-7-13(9)17)15-14-10-2-5-12(16)6-3-10;1-6-4-2-3-5-7(6)8;7-8-5-1-3-6(9)4-2-5;7-5-1-3-6(8)4-2-5;1-2;;;2-1-3;;;/h8-13,15H,4-7,14H2,1-3H3;2*2-8,16-17H,1H3;2-5,8H,1H3;1-4H;1-4,8H,7H2;1H3;1H4;1H;(H,2,3);;;1H2/q;;;;;;;;;;2*+1;/p-1/i;;;;;;1D;;;;;;. The summed E-state index contributed by atoms with van der Waals surface area (Å²) in [7, 11) is -1.00. The number of anilines is 1. The first-order valence-electron chi connectivity index (χ1n) is 27.4. The molecule has 478 valence electrons. The summed E-state index contributed by atoms with van der Waals surface area (Å²) in [4.78, 5) is 10.9. The van der Waals surface area contributed by atoms with Gasteiger partial charge in [0, 0.05) is 17.8 Å². The molecule has 9 aromatic carbocycles. The van der Waals surface area contributed by atoms with Gasteiger partial charge in [-0.05, 0) is 221 Å². The number of diazo groups is 1. The van der Waals surface area contributed by atoms with Gasteiger partial charge in [-0.2, -0.15) is 30.7 Å². The Bertz CT molecular complexity index is 3440. The maximum absolute atomic E-state index is 9.96. The number of aromatic hydroxyl groups is 7.